The lowest BCUT2D eigenvalue weighted by atomic mass is 9.78. The van der Waals surface area contributed by atoms with Crippen molar-refractivity contribution in [2.75, 3.05) is 6.61 Å². The van der Waals surface area contributed by atoms with Gasteiger partial charge in [0.1, 0.15) is 6.10 Å². The molecular formula is C31H30F4O. The molecule has 1 unspecified atom stereocenters. The van der Waals surface area contributed by atoms with Crippen LogP contribution in [-0.2, 0) is 11.2 Å². The maximum Gasteiger partial charge on any atom is 0.166 e. The second-order valence-corrected chi connectivity index (χ2v) is 9.94. The molecule has 0 radical (unpaired) electrons. The van der Waals surface area contributed by atoms with Crippen LogP contribution in [0.15, 0.2) is 54.6 Å². The Morgan fingerprint density at radius 2 is 1.44 bits per heavy atom. The molecule has 0 aromatic heterocycles. The Bertz CT molecular complexity index is 1250. The zero-order chi connectivity index (χ0) is 25.2. The molecule has 2 aliphatic rings. The third-order valence-electron chi connectivity index (χ3n) is 7.50. The van der Waals surface area contributed by atoms with E-state index in [4.69, 9.17) is 4.74 Å². The summed E-state index contributed by atoms with van der Waals surface area (Å²) in [5, 5.41) is 0. The van der Waals surface area contributed by atoms with E-state index in [2.05, 4.69) is 6.92 Å². The number of epoxide rings is 1. The number of rotatable bonds is 7. The lowest BCUT2D eigenvalue weighted by molar-refractivity contribution is 0.365. The second-order valence-electron chi connectivity index (χ2n) is 9.94. The molecule has 3 aromatic rings. The number of ether oxygens (including phenoxy) is 1. The van der Waals surface area contributed by atoms with Gasteiger partial charge < -0.3 is 4.74 Å². The van der Waals surface area contributed by atoms with E-state index in [-0.39, 0.29) is 34.6 Å². The SMILES string of the molecule is CCCc1ccc(-c2ccc(C3CCC(/C=C/c4ccc(C5CO5)c(F)c4F)CC3)c(F)c2F)cc1. The molecule has 5 rings (SSSR count). The van der Waals surface area contributed by atoms with E-state index in [1.54, 1.807) is 30.3 Å². The molecule has 1 saturated heterocycles. The summed E-state index contributed by atoms with van der Waals surface area (Å²) in [5.41, 5.74) is 3.04. The summed E-state index contributed by atoms with van der Waals surface area (Å²) in [6.07, 6.45) is 8.18. The van der Waals surface area contributed by atoms with Crippen molar-refractivity contribution >= 4 is 6.08 Å². The van der Waals surface area contributed by atoms with Crippen molar-refractivity contribution in [2.24, 2.45) is 5.92 Å². The molecule has 1 aliphatic heterocycles. The first-order valence-electron chi connectivity index (χ1n) is 12.8. The molecule has 188 valence electrons. The van der Waals surface area contributed by atoms with E-state index in [1.165, 1.54) is 5.56 Å². The maximum absolute atomic E-state index is 15.1. The molecule has 1 nitrogen and oxygen atoms in total. The molecule has 1 heterocycles. The topological polar surface area (TPSA) is 12.5 Å². The van der Waals surface area contributed by atoms with Gasteiger partial charge in [-0.25, -0.2) is 17.6 Å². The fourth-order valence-corrected chi connectivity index (χ4v) is 5.29. The molecule has 5 heteroatoms. The van der Waals surface area contributed by atoms with Crippen LogP contribution >= 0.6 is 0 Å². The molecule has 2 fully saturated rings. The van der Waals surface area contributed by atoms with Gasteiger partial charge in [-0.2, -0.15) is 0 Å². The first-order valence-corrected chi connectivity index (χ1v) is 12.8. The molecule has 1 saturated carbocycles. The standard InChI is InChI=1S/C31H30F4O/c1-2-3-19-4-9-21(10-5-19)24-16-17-25(30(34)29(24)33)22-11-6-20(7-12-22)8-13-23-14-15-26(27-18-36-27)31(35)28(23)32/h4-5,8-10,13-17,20,22,27H,2-3,6-7,11-12,18H2,1H3/b13-8+. The van der Waals surface area contributed by atoms with Gasteiger partial charge in [-0.05, 0) is 60.6 Å². The van der Waals surface area contributed by atoms with E-state index < -0.39 is 23.3 Å². The van der Waals surface area contributed by atoms with Crippen molar-refractivity contribution in [3.8, 4) is 11.1 Å². The van der Waals surface area contributed by atoms with Crippen molar-refractivity contribution in [3.05, 3.63) is 100 Å². The first-order chi connectivity index (χ1) is 17.5. The van der Waals surface area contributed by atoms with E-state index in [0.717, 1.165) is 25.7 Å². The van der Waals surface area contributed by atoms with Crippen LogP contribution in [0.5, 0.6) is 0 Å². The zero-order valence-electron chi connectivity index (χ0n) is 20.4. The summed E-state index contributed by atoms with van der Waals surface area (Å²) < 4.78 is 63.9. The van der Waals surface area contributed by atoms with Gasteiger partial charge in [0.2, 0.25) is 0 Å². The summed E-state index contributed by atoms with van der Waals surface area (Å²) in [7, 11) is 0. The number of benzene rings is 3. The van der Waals surface area contributed by atoms with Gasteiger partial charge in [-0.3, -0.25) is 0 Å². The fraction of sp³-hybridized carbons (Fsp3) is 0.355. The Morgan fingerprint density at radius 1 is 0.778 bits per heavy atom. The Balaban J connectivity index is 1.24. The van der Waals surface area contributed by atoms with Gasteiger partial charge in [-0.1, -0.05) is 74.0 Å². The minimum atomic E-state index is -0.856. The number of hydrogen-bond acceptors (Lipinski definition) is 1. The molecule has 0 bridgehead atoms. The molecule has 0 amide bonds. The fourth-order valence-electron chi connectivity index (χ4n) is 5.29. The monoisotopic (exact) mass is 494 g/mol. The van der Waals surface area contributed by atoms with Crippen molar-refractivity contribution in [2.45, 2.75) is 57.5 Å². The average molecular weight is 495 g/mol. The highest BCUT2D eigenvalue weighted by molar-refractivity contribution is 5.65. The molecule has 3 aromatic carbocycles. The number of allylic oxidation sites excluding steroid dienone is 1. The highest BCUT2D eigenvalue weighted by atomic mass is 19.2. The first kappa shape index (κ1) is 24.8. The summed E-state index contributed by atoms with van der Waals surface area (Å²) in [6, 6.07) is 14.2. The van der Waals surface area contributed by atoms with Crippen LogP contribution in [0.3, 0.4) is 0 Å². The quantitative estimate of drug-likeness (QED) is 0.236. The summed E-state index contributed by atoms with van der Waals surface area (Å²) in [6.45, 7) is 2.53. The average Bonchev–Trinajstić information content (AvgIpc) is 3.73. The third kappa shape index (κ3) is 5.12. The smallest absolute Gasteiger partial charge is 0.166 e. The Kier molecular flexibility index (Phi) is 7.29. The van der Waals surface area contributed by atoms with Crippen molar-refractivity contribution in [1.29, 1.82) is 0 Å². The Morgan fingerprint density at radius 3 is 2.11 bits per heavy atom. The lowest BCUT2D eigenvalue weighted by Gasteiger charge is -2.27. The van der Waals surface area contributed by atoms with Crippen LogP contribution in [0, 0.1) is 29.2 Å². The van der Waals surface area contributed by atoms with Crippen LogP contribution in [0.25, 0.3) is 17.2 Å². The minimum Gasteiger partial charge on any atom is -0.368 e. The largest absolute Gasteiger partial charge is 0.368 e. The van der Waals surface area contributed by atoms with Crippen molar-refractivity contribution < 1.29 is 22.3 Å². The highest BCUT2D eigenvalue weighted by Crippen LogP contribution is 2.40. The van der Waals surface area contributed by atoms with Gasteiger partial charge in [0.25, 0.3) is 0 Å². The number of hydrogen-bond donors (Lipinski definition) is 0. The molecule has 1 aliphatic carbocycles. The third-order valence-corrected chi connectivity index (χ3v) is 7.50. The van der Waals surface area contributed by atoms with E-state index >= 15 is 8.78 Å². The van der Waals surface area contributed by atoms with E-state index in [1.807, 2.05) is 30.3 Å². The molecule has 0 N–H and O–H groups in total. The minimum absolute atomic E-state index is 0.0582. The van der Waals surface area contributed by atoms with Gasteiger partial charge in [0.15, 0.2) is 23.3 Å². The van der Waals surface area contributed by atoms with Crippen LogP contribution in [-0.4, -0.2) is 6.61 Å². The summed E-state index contributed by atoms with van der Waals surface area (Å²) >= 11 is 0. The van der Waals surface area contributed by atoms with Gasteiger partial charge >= 0.3 is 0 Å². The molecule has 1 atom stereocenters. The molecular weight excluding hydrogens is 464 g/mol. The van der Waals surface area contributed by atoms with E-state index in [0.29, 0.717) is 30.6 Å². The Labute approximate surface area is 209 Å². The molecule has 36 heavy (non-hydrogen) atoms. The predicted molar refractivity (Wildman–Crippen MR) is 135 cm³/mol. The van der Waals surface area contributed by atoms with Crippen molar-refractivity contribution in [1.82, 2.24) is 0 Å². The molecule has 0 spiro atoms. The van der Waals surface area contributed by atoms with Gasteiger partial charge in [0.05, 0.1) is 6.61 Å². The highest BCUT2D eigenvalue weighted by Gasteiger charge is 2.30. The van der Waals surface area contributed by atoms with Crippen molar-refractivity contribution in [3.63, 3.8) is 0 Å². The van der Waals surface area contributed by atoms with Crippen LogP contribution < -0.4 is 0 Å². The van der Waals surface area contributed by atoms with Crippen LogP contribution in [0.4, 0.5) is 17.6 Å². The maximum atomic E-state index is 15.1. The van der Waals surface area contributed by atoms with Gasteiger partial charge in [0, 0.05) is 16.7 Å². The zero-order valence-corrected chi connectivity index (χ0v) is 20.4. The Hall–Kier alpha value is -2.92. The normalized spacial score (nSPS) is 21.8. The van der Waals surface area contributed by atoms with Crippen LogP contribution in [0.1, 0.15) is 73.3 Å². The van der Waals surface area contributed by atoms with E-state index in [9.17, 15) is 8.78 Å². The van der Waals surface area contributed by atoms with Gasteiger partial charge in [-0.15, -0.1) is 0 Å². The summed E-state index contributed by atoms with van der Waals surface area (Å²) in [5.74, 6) is -3.13. The second kappa shape index (κ2) is 10.6. The lowest BCUT2D eigenvalue weighted by Crippen LogP contribution is -2.13. The summed E-state index contributed by atoms with van der Waals surface area (Å²) in [4.78, 5) is 0. The number of aryl methyl sites for hydroxylation is 1. The predicted octanol–water partition coefficient (Wildman–Crippen LogP) is 8.92. The number of halogens is 4. The van der Waals surface area contributed by atoms with Crippen LogP contribution in [0.2, 0.25) is 0 Å².